The number of nitrogens with zero attached hydrogens (tertiary/aromatic N) is 2. The summed E-state index contributed by atoms with van der Waals surface area (Å²) < 4.78 is 4.88. The zero-order valence-electron chi connectivity index (χ0n) is 12.0. The van der Waals surface area contributed by atoms with Gasteiger partial charge in [0, 0.05) is 25.3 Å². The Morgan fingerprint density at radius 3 is 2.76 bits per heavy atom. The van der Waals surface area contributed by atoms with E-state index in [1.807, 2.05) is 30.3 Å². The molecule has 0 aliphatic carbocycles. The fraction of sp³-hybridized carbons (Fsp3) is 0.333. The Kier molecular flexibility index (Phi) is 5.48. The van der Waals surface area contributed by atoms with E-state index in [1.54, 1.807) is 13.2 Å². The molecule has 6 heteroatoms. The Morgan fingerprint density at radius 2 is 2.05 bits per heavy atom. The maximum atomic E-state index is 9.59. The summed E-state index contributed by atoms with van der Waals surface area (Å²) in [7, 11) is 1.56. The number of nitrogens with one attached hydrogen (secondary N) is 1. The van der Waals surface area contributed by atoms with Crippen molar-refractivity contribution in [3.8, 4) is 11.4 Å². The SMILES string of the molecule is COCC(O)CCNc1cc(N)nc(-c2ccccc2)n1. The van der Waals surface area contributed by atoms with Gasteiger partial charge in [0.05, 0.1) is 12.7 Å². The first-order valence-corrected chi connectivity index (χ1v) is 6.80. The average Bonchev–Trinajstić information content (AvgIpc) is 2.48. The predicted molar refractivity (Wildman–Crippen MR) is 82.9 cm³/mol. The summed E-state index contributed by atoms with van der Waals surface area (Å²) in [6, 6.07) is 11.3. The number of nitrogen functional groups attached to an aromatic ring is 1. The molecule has 0 saturated carbocycles. The lowest BCUT2D eigenvalue weighted by molar-refractivity contribution is 0.0615. The minimum Gasteiger partial charge on any atom is -0.391 e. The molecule has 1 aromatic carbocycles. The van der Waals surface area contributed by atoms with E-state index < -0.39 is 6.10 Å². The number of ether oxygens (including phenoxy) is 1. The molecular formula is C15H20N4O2. The van der Waals surface area contributed by atoms with Crippen LogP contribution in [0.3, 0.4) is 0 Å². The number of anilines is 2. The van der Waals surface area contributed by atoms with Crippen LogP contribution in [0.4, 0.5) is 11.6 Å². The van der Waals surface area contributed by atoms with E-state index in [0.29, 0.717) is 37.0 Å². The predicted octanol–water partition coefficient (Wildman–Crippen LogP) is 1.54. The molecule has 1 aromatic heterocycles. The van der Waals surface area contributed by atoms with Gasteiger partial charge in [0.15, 0.2) is 5.82 Å². The van der Waals surface area contributed by atoms with Gasteiger partial charge in [0.25, 0.3) is 0 Å². The molecule has 1 atom stereocenters. The topological polar surface area (TPSA) is 93.3 Å². The highest BCUT2D eigenvalue weighted by Crippen LogP contribution is 2.18. The summed E-state index contributed by atoms with van der Waals surface area (Å²) in [5.74, 6) is 1.63. The van der Waals surface area contributed by atoms with Crippen molar-refractivity contribution in [2.45, 2.75) is 12.5 Å². The van der Waals surface area contributed by atoms with Crippen LogP contribution in [-0.4, -0.2) is 41.4 Å². The molecule has 0 spiro atoms. The van der Waals surface area contributed by atoms with Gasteiger partial charge in [-0.3, -0.25) is 0 Å². The van der Waals surface area contributed by atoms with E-state index >= 15 is 0 Å². The van der Waals surface area contributed by atoms with Crippen LogP contribution in [-0.2, 0) is 4.74 Å². The second-order valence-electron chi connectivity index (χ2n) is 4.69. The number of hydrogen-bond acceptors (Lipinski definition) is 6. The molecule has 4 N–H and O–H groups in total. The number of methoxy groups -OCH3 is 1. The molecule has 0 saturated heterocycles. The molecular weight excluding hydrogens is 268 g/mol. The van der Waals surface area contributed by atoms with Gasteiger partial charge in [0.2, 0.25) is 0 Å². The Labute approximate surface area is 124 Å². The van der Waals surface area contributed by atoms with Crippen molar-refractivity contribution < 1.29 is 9.84 Å². The maximum Gasteiger partial charge on any atom is 0.163 e. The summed E-state index contributed by atoms with van der Waals surface area (Å²) >= 11 is 0. The molecule has 1 heterocycles. The van der Waals surface area contributed by atoms with Gasteiger partial charge >= 0.3 is 0 Å². The average molecular weight is 288 g/mol. The molecule has 2 aromatic rings. The quantitative estimate of drug-likeness (QED) is 0.715. The van der Waals surface area contributed by atoms with E-state index in [2.05, 4.69) is 15.3 Å². The van der Waals surface area contributed by atoms with Gasteiger partial charge in [-0.25, -0.2) is 9.97 Å². The van der Waals surface area contributed by atoms with Crippen molar-refractivity contribution >= 4 is 11.6 Å². The van der Waals surface area contributed by atoms with Gasteiger partial charge in [-0.2, -0.15) is 0 Å². The smallest absolute Gasteiger partial charge is 0.163 e. The van der Waals surface area contributed by atoms with Crippen molar-refractivity contribution in [2.75, 3.05) is 31.3 Å². The van der Waals surface area contributed by atoms with Gasteiger partial charge in [0.1, 0.15) is 11.6 Å². The molecule has 6 nitrogen and oxygen atoms in total. The van der Waals surface area contributed by atoms with Gasteiger partial charge in [-0.05, 0) is 6.42 Å². The molecule has 2 rings (SSSR count). The molecule has 112 valence electrons. The summed E-state index contributed by atoms with van der Waals surface area (Å²) in [5.41, 5.74) is 6.73. The fourth-order valence-corrected chi connectivity index (χ4v) is 1.92. The molecule has 0 fully saturated rings. The van der Waals surface area contributed by atoms with E-state index in [9.17, 15) is 5.11 Å². The van der Waals surface area contributed by atoms with Crippen LogP contribution in [0.1, 0.15) is 6.42 Å². The standard InChI is InChI=1S/C15H20N4O2/c1-21-10-12(20)7-8-17-14-9-13(16)18-15(19-14)11-5-3-2-4-6-11/h2-6,9,12,20H,7-8,10H2,1H3,(H3,16,17,18,19). The Bertz CT molecular complexity index is 563. The van der Waals surface area contributed by atoms with E-state index in [-0.39, 0.29) is 0 Å². The summed E-state index contributed by atoms with van der Waals surface area (Å²) in [6.07, 6.45) is 0.0774. The number of rotatable bonds is 7. The lowest BCUT2D eigenvalue weighted by Gasteiger charge is -2.11. The van der Waals surface area contributed by atoms with Crippen molar-refractivity contribution in [3.05, 3.63) is 36.4 Å². The van der Waals surface area contributed by atoms with Crippen LogP contribution in [0.25, 0.3) is 11.4 Å². The van der Waals surface area contributed by atoms with Crippen LogP contribution in [0.5, 0.6) is 0 Å². The molecule has 0 radical (unpaired) electrons. The van der Waals surface area contributed by atoms with E-state index in [0.717, 1.165) is 5.56 Å². The number of hydrogen-bond donors (Lipinski definition) is 3. The van der Waals surface area contributed by atoms with Crippen LogP contribution in [0, 0.1) is 0 Å². The third-order valence-electron chi connectivity index (χ3n) is 2.92. The molecule has 0 aliphatic heterocycles. The fourth-order valence-electron chi connectivity index (χ4n) is 1.92. The van der Waals surface area contributed by atoms with Gasteiger partial charge in [-0.15, -0.1) is 0 Å². The summed E-state index contributed by atoms with van der Waals surface area (Å²) in [5, 5.41) is 12.7. The zero-order valence-corrected chi connectivity index (χ0v) is 12.0. The summed E-state index contributed by atoms with van der Waals surface area (Å²) in [4.78, 5) is 8.67. The molecule has 21 heavy (non-hydrogen) atoms. The maximum absolute atomic E-state index is 9.59. The van der Waals surface area contributed by atoms with Gasteiger partial charge < -0.3 is 20.9 Å². The van der Waals surface area contributed by atoms with Gasteiger partial charge in [-0.1, -0.05) is 30.3 Å². The lowest BCUT2D eigenvalue weighted by Crippen LogP contribution is -2.18. The number of benzene rings is 1. The third-order valence-corrected chi connectivity index (χ3v) is 2.92. The van der Waals surface area contributed by atoms with Crippen LogP contribution >= 0.6 is 0 Å². The normalized spacial score (nSPS) is 12.1. The van der Waals surface area contributed by atoms with Crippen LogP contribution < -0.4 is 11.1 Å². The minimum atomic E-state index is -0.490. The largest absolute Gasteiger partial charge is 0.391 e. The first-order chi connectivity index (χ1) is 10.2. The number of aliphatic hydroxyl groups excluding tert-OH is 1. The van der Waals surface area contributed by atoms with E-state index in [4.69, 9.17) is 10.5 Å². The Balaban J connectivity index is 2.02. The number of aromatic nitrogens is 2. The minimum absolute atomic E-state index is 0.322. The summed E-state index contributed by atoms with van der Waals surface area (Å²) in [6.45, 7) is 0.901. The molecule has 0 aliphatic rings. The van der Waals surface area contributed by atoms with Crippen molar-refractivity contribution in [1.29, 1.82) is 0 Å². The number of aliphatic hydroxyl groups is 1. The van der Waals surface area contributed by atoms with Crippen LogP contribution in [0.2, 0.25) is 0 Å². The first-order valence-electron chi connectivity index (χ1n) is 6.80. The Morgan fingerprint density at radius 1 is 1.29 bits per heavy atom. The van der Waals surface area contributed by atoms with Crippen molar-refractivity contribution in [2.24, 2.45) is 0 Å². The van der Waals surface area contributed by atoms with Crippen molar-refractivity contribution in [1.82, 2.24) is 9.97 Å². The Hall–Kier alpha value is -2.18. The van der Waals surface area contributed by atoms with Crippen LogP contribution in [0.15, 0.2) is 36.4 Å². The number of nitrogens with two attached hydrogens (primary N) is 1. The lowest BCUT2D eigenvalue weighted by atomic mass is 10.2. The second kappa shape index (κ2) is 7.56. The van der Waals surface area contributed by atoms with E-state index in [1.165, 1.54) is 0 Å². The molecule has 0 amide bonds. The molecule has 0 bridgehead atoms. The highest BCUT2D eigenvalue weighted by Gasteiger charge is 2.06. The first kappa shape index (κ1) is 15.2. The monoisotopic (exact) mass is 288 g/mol. The highest BCUT2D eigenvalue weighted by molar-refractivity contribution is 5.60. The highest BCUT2D eigenvalue weighted by atomic mass is 16.5. The molecule has 1 unspecified atom stereocenters. The zero-order chi connectivity index (χ0) is 15.1. The third kappa shape index (κ3) is 4.70. The second-order valence-corrected chi connectivity index (χ2v) is 4.69. The van der Waals surface area contributed by atoms with Crippen molar-refractivity contribution in [3.63, 3.8) is 0 Å².